The van der Waals surface area contributed by atoms with Crippen molar-refractivity contribution in [3.63, 3.8) is 0 Å². The SMILES string of the molecule is CCCCNC(=O)[C@@H](Cc1ccccc1)N(Cc1cccc(OC)c1)C(=O)COc1ccc(F)cc1. The molecule has 1 N–H and O–H groups in total. The molecule has 3 rings (SSSR count). The van der Waals surface area contributed by atoms with Crippen LogP contribution < -0.4 is 14.8 Å². The first-order chi connectivity index (χ1) is 17.5. The maximum atomic E-state index is 13.5. The van der Waals surface area contributed by atoms with Crippen molar-refractivity contribution in [3.8, 4) is 11.5 Å². The van der Waals surface area contributed by atoms with Crippen LogP contribution in [0.15, 0.2) is 78.9 Å². The number of amides is 2. The smallest absolute Gasteiger partial charge is 0.261 e. The molecule has 6 nitrogen and oxygen atoms in total. The number of hydrogen-bond acceptors (Lipinski definition) is 4. The molecule has 3 aromatic rings. The Kier molecular flexibility index (Phi) is 10.3. The van der Waals surface area contributed by atoms with Gasteiger partial charge in [-0.3, -0.25) is 9.59 Å². The highest BCUT2D eigenvalue weighted by Gasteiger charge is 2.30. The van der Waals surface area contributed by atoms with E-state index in [2.05, 4.69) is 12.2 Å². The maximum Gasteiger partial charge on any atom is 0.261 e. The van der Waals surface area contributed by atoms with Gasteiger partial charge >= 0.3 is 0 Å². The summed E-state index contributed by atoms with van der Waals surface area (Å²) in [6, 6.07) is 21.7. The van der Waals surface area contributed by atoms with Crippen LogP contribution in [0.4, 0.5) is 4.39 Å². The molecule has 2 amide bonds. The molecular formula is C29H33FN2O4. The quantitative estimate of drug-likeness (QED) is 0.349. The molecule has 190 valence electrons. The first-order valence-corrected chi connectivity index (χ1v) is 12.1. The summed E-state index contributed by atoms with van der Waals surface area (Å²) >= 11 is 0. The summed E-state index contributed by atoms with van der Waals surface area (Å²) in [5.41, 5.74) is 1.76. The molecule has 0 bridgehead atoms. The first-order valence-electron chi connectivity index (χ1n) is 12.1. The van der Waals surface area contributed by atoms with Gasteiger partial charge in [0.1, 0.15) is 23.4 Å². The zero-order valence-corrected chi connectivity index (χ0v) is 20.8. The van der Waals surface area contributed by atoms with Crippen molar-refractivity contribution in [2.75, 3.05) is 20.3 Å². The summed E-state index contributed by atoms with van der Waals surface area (Å²) in [5, 5.41) is 2.99. The highest BCUT2D eigenvalue weighted by Crippen LogP contribution is 2.19. The molecule has 1 atom stereocenters. The third kappa shape index (κ3) is 8.12. The Labute approximate surface area is 212 Å². The number of carbonyl (C=O) groups excluding carboxylic acids is 2. The Morgan fingerprint density at radius 1 is 0.944 bits per heavy atom. The van der Waals surface area contributed by atoms with Crippen molar-refractivity contribution in [1.29, 1.82) is 0 Å². The summed E-state index contributed by atoms with van der Waals surface area (Å²) in [6.45, 7) is 2.50. The van der Waals surface area contributed by atoms with E-state index in [1.54, 1.807) is 12.0 Å². The zero-order chi connectivity index (χ0) is 25.8. The number of carbonyl (C=O) groups is 2. The Hall–Kier alpha value is -3.87. The van der Waals surface area contributed by atoms with Crippen LogP contribution in [0.2, 0.25) is 0 Å². The average molecular weight is 493 g/mol. The van der Waals surface area contributed by atoms with E-state index in [4.69, 9.17) is 9.47 Å². The molecule has 0 radical (unpaired) electrons. The van der Waals surface area contributed by atoms with Gasteiger partial charge in [-0.2, -0.15) is 0 Å². The number of nitrogens with one attached hydrogen (secondary N) is 1. The lowest BCUT2D eigenvalue weighted by Crippen LogP contribution is -2.51. The van der Waals surface area contributed by atoms with Gasteiger partial charge in [0.25, 0.3) is 5.91 Å². The number of unbranched alkanes of at least 4 members (excludes halogenated alkanes) is 1. The Balaban J connectivity index is 1.89. The average Bonchev–Trinajstić information content (AvgIpc) is 2.91. The van der Waals surface area contributed by atoms with E-state index in [-0.39, 0.29) is 30.8 Å². The van der Waals surface area contributed by atoms with Gasteiger partial charge in [0.05, 0.1) is 7.11 Å². The minimum atomic E-state index is -0.750. The second-order valence-corrected chi connectivity index (χ2v) is 8.47. The van der Waals surface area contributed by atoms with Crippen LogP contribution in [-0.2, 0) is 22.6 Å². The first kappa shape index (κ1) is 26.7. The highest BCUT2D eigenvalue weighted by atomic mass is 19.1. The number of nitrogens with zero attached hydrogens (tertiary/aromatic N) is 1. The van der Waals surface area contributed by atoms with E-state index in [1.807, 2.05) is 54.6 Å². The van der Waals surface area contributed by atoms with Gasteiger partial charge < -0.3 is 19.7 Å². The van der Waals surface area contributed by atoms with E-state index >= 15 is 0 Å². The zero-order valence-electron chi connectivity index (χ0n) is 20.8. The number of halogens is 1. The van der Waals surface area contributed by atoms with Gasteiger partial charge in [-0.1, -0.05) is 55.8 Å². The van der Waals surface area contributed by atoms with E-state index in [9.17, 15) is 14.0 Å². The number of benzene rings is 3. The van der Waals surface area contributed by atoms with Crippen molar-refractivity contribution >= 4 is 11.8 Å². The summed E-state index contributed by atoms with van der Waals surface area (Å²) < 4.78 is 24.3. The molecule has 0 spiro atoms. The molecule has 0 aliphatic carbocycles. The highest BCUT2D eigenvalue weighted by molar-refractivity contribution is 5.88. The van der Waals surface area contributed by atoms with Crippen LogP contribution in [0.1, 0.15) is 30.9 Å². The lowest BCUT2D eigenvalue weighted by Gasteiger charge is -2.31. The molecule has 0 saturated heterocycles. The van der Waals surface area contributed by atoms with E-state index in [0.29, 0.717) is 24.5 Å². The van der Waals surface area contributed by atoms with Crippen LogP contribution in [-0.4, -0.2) is 43.0 Å². The molecule has 36 heavy (non-hydrogen) atoms. The number of methoxy groups -OCH3 is 1. The molecule has 0 aromatic heterocycles. The third-order valence-corrected chi connectivity index (χ3v) is 5.76. The minimum Gasteiger partial charge on any atom is -0.497 e. The van der Waals surface area contributed by atoms with Crippen molar-refractivity contribution in [2.24, 2.45) is 0 Å². The summed E-state index contributed by atoms with van der Waals surface area (Å²) in [5.74, 6) is 0.0756. The fourth-order valence-electron chi connectivity index (χ4n) is 3.79. The fraction of sp³-hybridized carbons (Fsp3) is 0.310. The van der Waals surface area contributed by atoms with Gasteiger partial charge in [0, 0.05) is 19.5 Å². The van der Waals surface area contributed by atoms with Gasteiger partial charge in [-0.25, -0.2) is 4.39 Å². The molecule has 0 saturated carbocycles. The molecule has 7 heteroatoms. The number of ether oxygens (including phenoxy) is 2. The second kappa shape index (κ2) is 13.9. The largest absolute Gasteiger partial charge is 0.497 e. The van der Waals surface area contributed by atoms with Crippen LogP contribution in [0.5, 0.6) is 11.5 Å². The van der Waals surface area contributed by atoms with Gasteiger partial charge in [0.15, 0.2) is 6.61 Å². The van der Waals surface area contributed by atoms with Crippen molar-refractivity contribution in [1.82, 2.24) is 10.2 Å². The van der Waals surface area contributed by atoms with Gasteiger partial charge in [-0.15, -0.1) is 0 Å². The van der Waals surface area contributed by atoms with Gasteiger partial charge in [-0.05, 0) is 53.9 Å². The standard InChI is InChI=1S/C29H33FN2O4/c1-3-4-17-31-29(34)27(19-22-9-6-5-7-10-22)32(20-23-11-8-12-26(18-23)35-2)28(33)21-36-25-15-13-24(30)14-16-25/h5-16,18,27H,3-4,17,19-21H2,1-2H3,(H,31,34)/t27-/m1/s1. The summed E-state index contributed by atoms with van der Waals surface area (Å²) in [7, 11) is 1.58. The second-order valence-electron chi connectivity index (χ2n) is 8.47. The van der Waals surface area contributed by atoms with Crippen LogP contribution >= 0.6 is 0 Å². The molecule has 3 aromatic carbocycles. The number of hydrogen-bond donors (Lipinski definition) is 1. The van der Waals surface area contributed by atoms with E-state index in [0.717, 1.165) is 24.0 Å². The Bertz CT molecular complexity index is 1110. The molecule has 0 fully saturated rings. The maximum absolute atomic E-state index is 13.5. The van der Waals surface area contributed by atoms with Crippen LogP contribution in [0.3, 0.4) is 0 Å². The molecule has 0 unspecified atom stereocenters. The Morgan fingerprint density at radius 2 is 1.67 bits per heavy atom. The van der Waals surface area contributed by atoms with Crippen molar-refractivity contribution < 1.29 is 23.5 Å². The van der Waals surface area contributed by atoms with Crippen molar-refractivity contribution in [3.05, 3.63) is 95.8 Å². The predicted octanol–water partition coefficient (Wildman–Crippen LogP) is 4.77. The third-order valence-electron chi connectivity index (χ3n) is 5.76. The summed E-state index contributed by atoms with van der Waals surface area (Å²) in [4.78, 5) is 28.5. The topological polar surface area (TPSA) is 67.9 Å². The Morgan fingerprint density at radius 3 is 2.36 bits per heavy atom. The van der Waals surface area contributed by atoms with E-state index in [1.165, 1.54) is 24.3 Å². The predicted molar refractivity (Wildman–Crippen MR) is 137 cm³/mol. The lowest BCUT2D eigenvalue weighted by molar-refractivity contribution is -0.142. The molecule has 0 aliphatic heterocycles. The van der Waals surface area contributed by atoms with Crippen molar-refractivity contribution in [2.45, 2.75) is 38.8 Å². The fourth-order valence-corrected chi connectivity index (χ4v) is 3.79. The minimum absolute atomic E-state index is 0.196. The van der Waals surface area contributed by atoms with E-state index < -0.39 is 6.04 Å². The monoisotopic (exact) mass is 492 g/mol. The molecule has 0 heterocycles. The van der Waals surface area contributed by atoms with Gasteiger partial charge in [0.2, 0.25) is 5.91 Å². The normalized spacial score (nSPS) is 11.4. The number of rotatable bonds is 13. The van der Waals surface area contributed by atoms with Crippen LogP contribution in [0.25, 0.3) is 0 Å². The molecular weight excluding hydrogens is 459 g/mol. The summed E-state index contributed by atoms with van der Waals surface area (Å²) in [6.07, 6.45) is 2.15. The van der Waals surface area contributed by atoms with Crippen LogP contribution in [0, 0.1) is 5.82 Å². The lowest BCUT2D eigenvalue weighted by atomic mass is 10.0. The molecule has 0 aliphatic rings.